The first kappa shape index (κ1) is 22.3. The maximum Gasteiger partial charge on any atom is 0.224 e. The molecule has 0 spiro atoms. The fourth-order valence-electron chi connectivity index (χ4n) is 3.30. The number of hydrogen-bond acceptors (Lipinski definition) is 3. The van der Waals surface area contributed by atoms with Crippen LogP contribution in [0.4, 0.5) is 0 Å². The molecule has 0 fully saturated rings. The highest BCUT2D eigenvalue weighted by Gasteiger charge is 2.04. The number of phenols is 1. The lowest BCUT2D eigenvalue weighted by Gasteiger charge is -2.07. The van der Waals surface area contributed by atoms with Crippen LogP contribution in [0.25, 0.3) is 23.3 Å². The van der Waals surface area contributed by atoms with Gasteiger partial charge in [-0.25, -0.2) is 0 Å². The molecule has 31 heavy (non-hydrogen) atoms. The van der Waals surface area contributed by atoms with E-state index in [1.54, 1.807) is 12.1 Å². The zero-order valence-electron chi connectivity index (χ0n) is 17.8. The molecule has 0 heterocycles. The van der Waals surface area contributed by atoms with Crippen LogP contribution in [0.15, 0.2) is 72.8 Å². The van der Waals surface area contributed by atoms with E-state index in [2.05, 4.69) is 41.7 Å². The Labute approximate surface area is 184 Å². The van der Waals surface area contributed by atoms with E-state index in [1.807, 2.05) is 36.4 Å². The molecule has 0 aliphatic carbocycles. The van der Waals surface area contributed by atoms with E-state index in [4.69, 9.17) is 5.73 Å². The maximum atomic E-state index is 12.1. The van der Waals surface area contributed by atoms with Gasteiger partial charge in [0.2, 0.25) is 5.91 Å². The zero-order chi connectivity index (χ0) is 21.9. The number of phenolic OH excluding ortho intramolecular Hbond substituents is 1. The van der Waals surface area contributed by atoms with E-state index in [1.165, 1.54) is 0 Å². The van der Waals surface area contributed by atoms with Crippen molar-refractivity contribution in [3.63, 3.8) is 0 Å². The number of amides is 1. The number of carbonyl (C=O) groups is 1. The lowest BCUT2D eigenvalue weighted by molar-refractivity contribution is -0.120. The maximum absolute atomic E-state index is 12.1. The summed E-state index contributed by atoms with van der Waals surface area (Å²) in [7, 11) is 0. The van der Waals surface area contributed by atoms with Gasteiger partial charge >= 0.3 is 0 Å². The summed E-state index contributed by atoms with van der Waals surface area (Å²) in [5.41, 5.74) is 10.9. The fourth-order valence-corrected chi connectivity index (χ4v) is 3.30. The van der Waals surface area contributed by atoms with Gasteiger partial charge < -0.3 is 16.2 Å². The first-order chi connectivity index (χ1) is 15.1. The Morgan fingerprint density at radius 3 is 1.90 bits per heavy atom. The molecule has 160 valence electrons. The average Bonchev–Trinajstić information content (AvgIpc) is 2.79. The predicted molar refractivity (Wildman–Crippen MR) is 129 cm³/mol. The SMILES string of the molecule is NCCCCCNC(=O)Cc1ccc(-c2ccc(/C=C/c3ccc(O)cc3)cc2)cc1. The normalized spacial score (nSPS) is 11.0. The van der Waals surface area contributed by atoms with Crippen LogP contribution in [0.2, 0.25) is 0 Å². The van der Waals surface area contributed by atoms with Crippen LogP contribution >= 0.6 is 0 Å². The second-order valence-electron chi connectivity index (χ2n) is 7.62. The van der Waals surface area contributed by atoms with Crippen molar-refractivity contribution in [2.45, 2.75) is 25.7 Å². The number of nitrogens with two attached hydrogens (primary N) is 1. The molecule has 4 heteroatoms. The summed E-state index contributed by atoms with van der Waals surface area (Å²) in [5.74, 6) is 0.330. The molecule has 3 aromatic rings. The molecule has 0 saturated carbocycles. The fraction of sp³-hybridized carbons (Fsp3) is 0.222. The Morgan fingerprint density at radius 2 is 1.32 bits per heavy atom. The Bertz CT molecular complexity index is 975. The first-order valence-corrected chi connectivity index (χ1v) is 10.8. The van der Waals surface area contributed by atoms with Gasteiger partial charge in [-0.1, -0.05) is 79.2 Å². The van der Waals surface area contributed by atoms with Crippen LogP contribution < -0.4 is 11.1 Å². The molecular weight excluding hydrogens is 384 g/mol. The predicted octanol–water partition coefficient (Wildman–Crippen LogP) is 5.02. The van der Waals surface area contributed by atoms with Gasteiger partial charge in [0.15, 0.2) is 0 Å². The van der Waals surface area contributed by atoms with Gasteiger partial charge in [0.25, 0.3) is 0 Å². The van der Waals surface area contributed by atoms with Crippen molar-refractivity contribution in [1.82, 2.24) is 5.32 Å². The number of carbonyl (C=O) groups excluding carboxylic acids is 1. The van der Waals surface area contributed by atoms with E-state index >= 15 is 0 Å². The number of rotatable bonds is 10. The van der Waals surface area contributed by atoms with Crippen molar-refractivity contribution >= 4 is 18.1 Å². The molecule has 0 aromatic heterocycles. The lowest BCUT2D eigenvalue weighted by atomic mass is 10.0. The third-order valence-corrected chi connectivity index (χ3v) is 5.13. The molecular formula is C27H30N2O2. The molecule has 3 rings (SSSR count). The number of hydrogen-bond donors (Lipinski definition) is 3. The van der Waals surface area contributed by atoms with Crippen molar-refractivity contribution in [3.05, 3.63) is 89.5 Å². The highest BCUT2D eigenvalue weighted by molar-refractivity contribution is 5.79. The van der Waals surface area contributed by atoms with Crippen LogP contribution in [-0.4, -0.2) is 24.1 Å². The van der Waals surface area contributed by atoms with Crippen LogP contribution in [0.5, 0.6) is 5.75 Å². The van der Waals surface area contributed by atoms with Gasteiger partial charge in [-0.2, -0.15) is 0 Å². The summed E-state index contributed by atoms with van der Waals surface area (Å²) in [4.78, 5) is 12.1. The molecule has 4 N–H and O–H groups in total. The third-order valence-electron chi connectivity index (χ3n) is 5.13. The molecule has 0 unspecified atom stereocenters. The number of unbranched alkanes of at least 4 members (excludes halogenated alkanes) is 2. The van der Waals surface area contributed by atoms with E-state index in [9.17, 15) is 9.90 Å². The number of nitrogens with one attached hydrogen (secondary N) is 1. The minimum Gasteiger partial charge on any atom is -0.508 e. The summed E-state index contributed by atoms with van der Waals surface area (Å²) < 4.78 is 0. The highest BCUT2D eigenvalue weighted by Crippen LogP contribution is 2.21. The topological polar surface area (TPSA) is 75.3 Å². The zero-order valence-corrected chi connectivity index (χ0v) is 17.8. The van der Waals surface area contributed by atoms with Crippen molar-refractivity contribution in [2.24, 2.45) is 5.73 Å². The molecule has 4 nitrogen and oxygen atoms in total. The second kappa shape index (κ2) is 11.7. The Hall–Kier alpha value is -3.37. The molecule has 0 radical (unpaired) electrons. The van der Waals surface area contributed by atoms with Crippen LogP contribution in [0.1, 0.15) is 36.0 Å². The molecule has 1 amide bonds. The Balaban J connectivity index is 1.52. The molecule has 3 aromatic carbocycles. The minimum atomic E-state index is 0.0604. The molecule has 0 aliphatic rings. The van der Waals surface area contributed by atoms with Gasteiger partial charge in [0.05, 0.1) is 6.42 Å². The van der Waals surface area contributed by atoms with E-state index in [0.29, 0.717) is 19.5 Å². The van der Waals surface area contributed by atoms with E-state index < -0.39 is 0 Å². The number of aromatic hydroxyl groups is 1. The van der Waals surface area contributed by atoms with Crippen molar-refractivity contribution in [2.75, 3.05) is 13.1 Å². The summed E-state index contributed by atoms with van der Waals surface area (Å²) >= 11 is 0. The highest BCUT2D eigenvalue weighted by atomic mass is 16.3. The van der Waals surface area contributed by atoms with Gasteiger partial charge in [0.1, 0.15) is 5.75 Å². The summed E-state index contributed by atoms with van der Waals surface area (Å²) in [6, 6.07) is 23.6. The molecule has 0 bridgehead atoms. The van der Waals surface area contributed by atoms with Gasteiger partial charge in [0, 0.05) is 6.54 Å². The van der Waals surface area contributed by atoms with Crippen molar-refractivity contribution < 1.29 is 9.90 Å². The lowest BCUT2D eigenvalue weighted by Crippen LogP contribution is -2.26. The quantitative estimate of drug-likeness (QED) is 0.322. The first-order valence-electron chi connectivity index (χ1n) is 10.8. The monoisotopic (exact) mass is 414 g/mol. The van der Waals surface area contributed by atoms with E-state index in [-0.39, 0.29) is 11.7 Å². The summed E-state index contributed by atoms with van der Waals surface area (Å²) in [5, 5.41) is 12.3. The standard InChI is InChI=1S/C27H30N2O2/c28-18-2-1-3-19-29-27(31)20-23-8-14-25(15-9-23)24-12-6-21(7-13-24)4-5-22-10-16-26(30)17-11-22/h4-17,30H,1-3,18-20,28H2,(H,29,31)/b5-4+. The molecule has 0 aliphatic heterocycles. The molecule has 0 saturated heterocycles. The van der Waals surface area contributed by atoms with Crippen LogP contribution in [0.3, 0.4) is 0 Å². The van der Waals surface area contributed by atoms with Crippen molar-refractivity contribution in [3.8, 4) is 16.9 Å². The third kappa shape index (κ3) is 7.43. The summed E-state index contributed by atoms with van der Waals surface area (Å²) in [6.07, 6.45) is 7.50. The molecule has 0 atom stereocenters. The average molecular weight is 415 g/mol. The van der Waals surface area contributed by atoms with Crippen LogP contribution in [0, 0.1) is 0 Å². The second-order valence-corrected chi connectivity index (χ2v) is 7.62. The smallest absolute Gasteiger partial charge is 0.224 e. The Morgan fingerprint density at radius 1 is 0.774 bits per heavy atom. The van der Waals surface area contributed by atoms with Crippen LogP contribution in [-0.2, 0) is 11.2 Å². The van der Waals surface area contributed by atoms with Gasteiger partial charge in [-0.05, 0) is 59.3 Å². The largest absolute Gasteiger partial charge is 0.508 e. The van der Waals surface area contributed by atoms with Gasteiger partial charge in [-0.3, -0.25) is 4.79 Å². The minimum absolute atomic E-state index is 0.0604. The van der Waals surface area contributed by atoms with Gasteiger partial charge in [-0.15, -0.1) is 0 Å². The summed E-state index contributed by atoms with van der Waals surface area (Å²) in [6.45, 7) is 1.42. The Kier molecular flexibility index (Phi) is 8.44. The number of benzene rings is 3. The van der Waals surface area contributed by atoms with Crippen molar-refractivity contribution in [1.29, 1.82) is 0 Å². The van der Waals surface area contributed by atoms with E-state index in [0.717, 1.165) is 47.1 Å².